The van der Waals surface area contributed by atoms with Crippen LogP contribution in [0.3, 0.4) is 0 Å². The van der Waals surface area contributed by atoms with E-state index in [4.69, 9.17) is 28.0 Å². The van der Waals surface area contributed by atoms with Crippen molar-refractivity contribution in [2.24, 2.45) is 5.92 Å². The van der Waals surface area contributed by atoms with Gasteiger partial charge in [-0.05, 0) is 32.1 Å². The van der Waals surface area contributed by atoms with Gasteiger partial charge in [0.2, 0.25) is 11.8 Å². The van der Waals surface area contributed by atoms with E-state index < -0.39 is 170 Å². The third kappa shape index (κ3) is 43.3. The molecule has 0 aromatic carbocycles. The smallest absolute Gasteiger partial charge is 0.457 e. The molecule has 1 saturated carbocycles. The summed E-state index contributed by atoms with van der Waals surface area (Å²) in [6, 6.07) is -3.27. The maximum absolute atomic E-state index is 14.1. The summed E-state index contributed by atoms with van der Waals surface area (Å²) in [6.07, 6.45) is 18.5. The highest BCUT2D eigenvalue weighted by Crippen LogP contribution is 2.45. The molecule has 15 atom stereocenters. The van der Waals surface area contributed by atoms with Gasteiger partial charge < -0.3 is 79.4 Å². The first-order chi connectivity index (χ1) is 45.4. The molecular formula is C70H134N2O21P2. The number of carbonyl (C=O) groups excluding carboxylic acids is 4. The standard InChI is InChI=1S/C70H134N2O21P2/c1-6-10-14-18-22-26-30-34-38-42-54(74)47-60(78)71-64-58(92-94(5,83)84)46-53(66(82)68(64)90-62(80)49-56(76)44-40-36-32-28-24-20-16-12-8-3)52-88-70-65(72-61(79)48-55(75)43-39-35-31-27-23-19-15-11-7-2)69(67(59(51-73)89-70)93-95(85,86)87)91-63(81)50-57(77)45-41-37-33-29-25-21-17-13-9-4/h53-59,64-70,73-77,82H,6-52H2,1-5H3,(H,71,78)(H,72,79)(H,83,84)(H2,85,86,87)/t53?,54-,55-,56-,57-,58+,59?,64?,65?,66-,67-,68-,69-,70-/m1/s1. The van der Waals surface area contributed by atoms with Crippen LogP contribution in [0.15, 0.2) is 0 Å². The van der Waals surface area contributed by atoms with Crippen molar-refractivity contribution in [3.63, 3.8) is 0 Å². The van der Waals surface area contributed by atoms with E-state index in [0.717, 1.165) is 154 Å². The Morgan fingerprint density at radius 3 is 1.13 bits per heavy atom. The molecule has 95 heavy (non-hydrogen) atoms. The topological polar surface area (TPSA) is 364 Å². The highest BCUT2D eigenvalue weighted by atomic mass is 31.2. The van der Waals surface area contributed by atoms with Crippen molar-refractivity contribution >= 4 is 39.2 Å². The molecule has 23 nitrogen and oxygen atoms in total. The normalized spacial score (nSPS) is 23.5. The fraction of sp³-hybridized carbons (Fsp3) is 0.943. The Morgan fingerprint density at radius 1 is 0.463 bits per heavy atom. The number of aliphatic hydroxyl groups is 6. The van der Waals surface area contributed by atoms with Crippen LogP contribution in [-0.4, -0.2) is 168 Å². The number of unbranched alkanes of at least 4 members (excludes halogenated alkanes) is 32. The fourth-order valence-corrected chi connectivity index (χ4v) is 14.3. The van der Waals surface area contributed by atoms with Crippen molar-refractivity contribution in [3.05, 3.63) is 0 Å². The van der Waals surface area contributed by atoms with Gasteiger partial charge in [-0.25, -0.2) is 4.57 Å². The second-order valence-corrected chi connectivity index (χ2v) is 30.6. The number of aliphatic hydroxyl groups excluding tert-OH is 6. The maximum Gasteiger partial charge on any atom is 0.470 e. The van der Waals surface area contributed by atoms with Crippen molar-refractivity contribution < 1.29 is 102 Å². The molecule has 0 radical (unpaired) electrons. The van der Waals surface area contributed by atoms with E-state index >= 15 is 0 Å². The van der Waals surface area contributed by atoms with E-state index in [0.29, 0.717) is 32.1 Å². The molecule has 560 valence electrons. The minimum absolute atomic E-state index is 0.226. The van der Waals surface area contributed by atoms with Crippen LogP contribution in [0.2, 0.25) is 0 Å². The van der Waals surface area contributed by atoms with E-state index in [1.165, 1.54) is 57.8 Å². The number of carbonyl (C=O) groups is 4. The number of esters is 2. The molecule has 2 rings (SSSR count). The summed E-state index contributed by atoms with van der Waals surface area (Å²) in [5, 5.41) is 72.9. The largest absolute Gasteiger partial charge is 0.470 e. The van der Waals surface area contributed by atoms with Gasteiger partial charge in [-0.1, -0.05) is 259 Å². The number of nitrogens with one attached hydrogen (secondary N) is 2. The minimum atomic E-state index is -5.52. The molecule has 2 aliphatic rings. The lowest BCUT2D eigenvalue weighted by Crippen LogP contribution is -2.67. The molecular weight excluding hydrogens is 1270 g/mol. The van der Waals surface area contributed by atoms with Gasteiger partial charge in [0.25, 0.3) is 0 Å². The minimum Gasteiger partial charge on any atom is -0.457 e. The number of amides is 2. The Hall–Kier alpha value is -2.18. The quantitative estimate of drug-likeness (QED) is 0.0153. The van der Waals surface area contributed by atoms with Crippen molar-refractivity contribution in [2.45, 2.75) is 396 Å². The van der Waals surface area contributed by atoms with E-state index in [1.807, 2.05) is 0 Å². The molecule has 0 spiro atoms. The number of hydrogen-bond donors (Lipinski definition) is 11. The first-order valence-corrected chi connectivity index (χ1v) is 41.0. The van der Waals surface area contributed by atoms with Gasteiger partial charge in [-0.15, -0.1) is 0 Å². The third-order valence-electron chi connectivity index (χ3n) is 18.4. The molecule has 0 aromatic heterocycles. The van der Waals surface area contributed by atoms with Crippen LogP contribution < -0.4 is 10.6 Å². The lowest BCUT2D eigenvalue weighted by molar-refractivity contribution is -0.277. The van der Waals surface area contributed by atoms with Gasteiger partial charge in [-0.3, -0.25) is 28.3 Å². The Labute approximate surface area is 570 Å². The SMILES string of the molecule is CCCCCCCCCCC[C@@H](O)CC(=O)NC1[C@@H](OP(C)(=O)O)CC(CO[C@@H]2OC(CO)[C@@H](OP(=O)(O)O)[C@H](OC(=O)C[C@H](O)CCCCCCCCCCC)C2NC(=O)C[C@H](O)CCCCCCCCCCC)[C@@H](O)[C@@H]1OC(=O)C[C@H](O)CCCCCCCCCCC. The highest BCUT2D eigenvalue weighted by molar-refractivity contribution is 7.51. The lowest BCUT2D eigenvalue weighted by Gasteiger charge is -2.47. The van der Waals surface area contributed by atoms with E-state index in [2.05, 4.69) is 38.3 Å². The molecule has 0 aromatic rings. The second kappa shape index (κ2) is 53.6. The van der Waals surface area contributed by atoms with Crippen molar-refractivity contribution in [1.29, 1.82) is 0 Å². The third-order valence-corrected chi connectivity index (χ3v) is 19.6. The zero-order chi connectivity index (χ0) is 70.3. The molecule has 11 N–H and O–H groups in total. The average Bonchev–Trinajstić information content (AvgIpc) is 0.787. The van der Waals surface area contributed by atoms with Crippen LogP contribution in [-0.2, 0) is 56.3 Å². The number of rotatable bonds is 60. The molecule has 1 saturated heterocycles. The van der Waals surface area contributed by atoms with Crippen molar-refractivity contribution in [1.82, 2.24) is 10.6 Å². The van der Waals surface area contributed by atoms with Crippen LogP contribution in [0.5, 0.6) is 0 Å². The highest BCUT2D eigenvalue weighted by Gasteiger charge is 2.54. The van der Waals surface area contributed by atoms with Gasteiger partial charge in [0.1, 0.15) is 18.2 Å². The number of ether oxygens (including phenoxy) is 4. The second-order valence-electron chi connectivity index (χ2n) is 27.5. The Balaban J connectivity index is 2.55. The summed E-state index contributed by atoms with van der Waals surface area (Å²) in [4.78, 5) is 87.1. The summed E-state index contributed by atoms with van der Waals surface area (Å²) in [5.41, 5.74) is 0. The Bertz CT molecular complexity index is 2070. The summed E-state index contributed by atoms with van der Waals surface area (Å²) < 4.78 is 61.2. The van der Waals surface area contributed by atoms with Crippen LogP contribution in [0.4, 0.5) is 0 Å². The molecule has 25 heteroatoms. The number of phosphoric acid groups is 1. The maximum atomic E-state index is 14.1. The molecule has 1 aliphatic carbocycles. The predicted molar refractivity (Wildman–Crippen MR) is 367 cm³/mol. The molecule has 2 amide bonds. The summed E-state index contributed by atoms with van der Waals surface area (Å²) in [6.45, 7) is 7.87. The fourth-order valence-electron chi connectivity index (χ4n) is 13.0. The van der Waals surface area contributed by atoms with Crippen LogP contribution in [0.25, 0.3) is 0 Å². The average molecular weight is 1400 g/mol. The molecule has 1 aliphatic heterocycles. The number of hydrogen-bond acceptors (Lipinski definition) is 18. The van der Waals surface area contributed by atoms with Gasteiger partial charge in [0.15, 0.2) is 18.5 Å². The van der Waals surface area contributed by atoms with Crippen LogP contribution in [0.1, 0.15) is 317 Å². The molecule has 2 fully saturated rings. The number of phosphoric ester groups is 1. The van der Waals surface area contributed by atoms with Gasteiger partial charge in [0.05, 0.1) is 81.6 Å². The zero-order valence-corrected chi connectivity index (χ0v) is 60.9. The summed E-state index contributed by atoms with van der Waals surface area (Å²) in [7, 11) is -10.0. The van der Waals surface area contributed by atoms with E-state index in [1.54, 1.807) is 0 Å². The molecule has 5 unspecified atom stereocenters. The lowest BCUT2D eigenvalue weighted by atomic mass is 9.79. The van der Waals surface area contributed by atoms with E-state index in [9.17, 15) is 73.6 Å². The monoisotopic (exact) mass is 1400 g/mol. The van der Waals surface area contributed by atoms with Crippen molar-refractivity contribution in [3.8, 4) is 0 Å². The van der Waals surface area contributed by atoms with Gasteiger partial charge >= 0.3 is 27.4 Å². The molecule has 1 heterocycles. The molecule has 0 bridgehead atoms. The van der Waals surface area contributed by atoms with Crippen LogP contribution >= 0.6 is 15.4 Å². The van der Waals surface area contributed by atoms with Crippen molar-refractivity contribution in [2.75, 3.05) is 19.9 Å². The summed E-state index contributed by atoms with van der Waals surface area (Å²) >= 11 is 0. The van der Waals surface area contributed by atoms with Crippen LogP contribution in [0, 0.1) is 5.92 Å². The van der Waals surface area contributed by atoms with Gasteiger partial charge in [-0.2, -0.15) is 0 Å². The first kappa shape index (κ1) is 88.9. The predicted octanol–water partition coefficient (Wildman–Crippen LogP) is 12.3. The Kier molecular flexibility index (Phi) is 50.2. The van der Waals surface area contributed by atoms with E-state index in [-0.39, 0.29) is 19.3 Å². The summed E-state index contributed by atoms with van der Waals surface area (Å²) in [5.74, 6) is -4.89. The Morgan fingerprint density at radius 2 is 0.789 bits per heavy atom. The zero-order valence-electron chi connectivity index (χ0n) is 59.1. The van der Waals surface area contributed by atoms with Gasteiger partial charge in [0, 0.05) is 12.6 Å². The first-order valence-electron chi connectivity index (χ1n) is 37.4.